The fourth-order valence-corrected chi connectivity index (χ4v) is 4.07. The second kappa shape index (κ2) is 7.11. The van der Waals surface area contributed by atoms with Crippen LogP contribution in [0.1, 0.15) is 27.7 Å². The highest BCUT2D eigenvalue weighted by molar-refractivity contribution is 9.10. The SMILES string of the molecule is COc1cc(C2c3c(oc4ccc(Br)cc4c3=O)C(=O)N2C)cc(OC)c1OC. The molecule has 0 bridgehead atoms. The van der Waals surface area contributed by atoms with E-state index in [1.807, 2.05) is 0 Å². The average Bonchev–Trinajstić information content (AvgIpc) is 2.98. The molecule has 29 heavy (non-hydrogen) atoms. The van der Waals surface area contributed by atoms with E-state index in [2.05, 4.69) is 15.9 Å². The van der Waals surface area contributed by atoms with Crippen molar-refractivity contribution in [2.45, 2.75) is 6.04 Å². The second-order valence-corrected chi connectivity index (χ2v) is 7.51. The molecule has 1 aliphatic rings. The van der Waals surface area contributed by atoms with Crippen LogP contribution in [0, 0.1) is 0 Å². The number of hydrogen-bond acceptors (Lipinski definition) is 6. The lowest BCUT2D eigenvalue weighted by Crippen LogP contribution is -2.25. The van der Waals surface area contributed by atoms with Crippen LogP contribution in [0.25, 0.3) is 11.0 Å². The second-order valence-electron chi connectivity index (χ2n) is 6.59. The summed E-state index contributed by atoms with van der Waals surface area (Å²) in [6, 6.07) is 7.94. The first-order chi connectivity index (χ1) is 13.9. The van der Waals surface area contributed by atoms with Crippen LogP contribution in [-0.2, 0) is 0 Å². The van der Waals surface area contributed by atoms with Crippen molar-refractivity contribution in [2.24, 2.45) is 0 Å². The number of methoxy groups -OCH3 is 3. The molecule has 4 rings (SSSR count). The lowest BCUT2D eigenvalue weighted by atomic mass is 9.98. The van der Waals surface area contributed by atoms with Crippen LogP contribution < -0.4 is 19.6 Å². The van der Waals surface area contributed by atoms with E-state index >= 15 is 0 Å². The Bertz CT molecular complexity index is 1180. The quantitative estimate of drug-likeness (QED) is 0.590. The summed E-state index contributed by atoms with van der Waals surface area (Å²) in [7, 11) is 6.17. The molecule has 150 valence electrons. The molecule has 0 saturated heterocycles. The predicted octanol–water partition coefficient (Wildman–Crippen LogP) is 3.76. The predicted molar refractivity (Wildman–Crippen MR) is 110 cm³/mol. The minimum atomic E-state index is -0.647. The van der Waals surface area contributed by atoms with E-state index in [0.29, 0.717) is 33.8 Å². The van der Waals surface area contributed by atoms with Crippen molar-refractivity contribution in [1.29, 1.82) is 0 Å². The van der Waals surface area contributed by atoms with Crippen LogP contribution in [0.3, 0.4) is 0 Å². The number of halogens is 1. The normalized spacial score (nSPS) is 15.6. The number of hydrogen-bond donors (Lipinski definition) is 0. The summed E-state index contributed by atoms with van der Waals surface area (Å²) >= 11 is 3.38. The molecule has 0 fully saturated rings. The van der Waals surface area contributed by atoms with Gasteiger partial charge in [0.1, 0.15) is 5.58 Å². The Morgan fingerprint density at radius 2 is 1.66 bits per heavy atom. The standard InChI is InChI=1S/C21H18BrNO6/c1-23-17(10-7-14(26-2)19(28-4)15(8-10)27-3)16-18(24)12-9-11(22)5-6-13(12)29-20(16)21(23)25/h5-9,17H,1-4H3. The fourth-order valence-electron chi connectivity index (χ4n) is 3.71. The largest absolute Gasteiger partial charge is 0.493 e. The number of fused-ring (bicyclic) bond motifs is 2. The highest BCUT2D eigenvalue weighted by Crippen LogP contribution is 2.44. The maximum Gasteiger partial charge on any atom is 0.290 e. The van der Waals surface area contributed by atoms with Gasteiger partial charge in [0.05, 0.1) is 38.3 Å². The van der Waals surface area contributed by atoms with E-state index in [0.717, 1.165) is 4.47 Å². The number of carbonyl (C=O) groups excluding carboxylic acids is 1. The van der Waals surface area contributed by atoms with Crippen molar-refractivity contribution < 1.29 is 23.4 Å². The van der Waals surface area contributed by atoms with Crippen molar-refractivity contribution in [3.63, 3.8) is 0 Å². The van der Waals surface area contributed by atoms with E-state index < -0.39 is 6.04 Å². The zero-order chi connectivity index (χ0) is 20.9. The van der Waals surface area contributed by atoms with Gasteiger partial charge in [0.15, 0.2) is 16.9 Å². The molecule has 8 heteroatoms. The molecule has 1 aromatic heterocycles. The molecule has 0 saturated carbocycles. The van der Waals surface area contributed by atoms with E-state index in [1.165, 1.54) is 26.2 Å². The maximum absolute atomic E-state index is 13.3. The lowest BCUT2D eigenvalue weighted by Gasteiger charge is -2.22. The summed E-state index contributed by atoms with van der Waals surface area (Å²) in [5.74, 6) is 0.986. The fraction of sp³-hybridized carbons (Fsp3) is 0.238. The van der Waals surface area contributed by atoms with Crippen LogP contribution >= 0.6 is 15.9 Å². The van der Waals surface area contributed by atoms with Crippen molar-refractivity contribution in [2.75, 3.05) is 28.4 Å². The average molecular weight is 460 g/mol. The molecule has 1 atom stereocenters. The first-order valence-electron chi connectivity index (χ1n) is 8.74. The van der Waals surface area contributed by atoms with Crippen LogP contribution in [-0.4, -0.2) is 39.2 Å². The molecule has 7 nitrogen and oxygen atoms in total. The van der Waals surface area contributed by atoms with Gasteiger partial charge < -0.3 is 23.5 Å². The van der Waals surface area contributed by atoms with Gasteiger partial charge in [-0.25, -0.2) is 0 Å². The van der Waals surface area contributed by atoms with Crippen LogP contribution in [0.4, 0.5) is 0 Å². The third-order valence-electron chi connectivity index (χ3n) is 5.07. The third kappa shape index (κ3) is 2.86. The first kappa shape index (κ1) is 19.3. The molecule has 1 unspecified atom stereocenters. The molecule has 3 aromatic rings. The van der Waals surface area contributed by atoms with Crippen molar-refractivity contribution in [3.05, 3.63) is 61.9 Å². The van der Waals surface area contributed by atoms with Gasteiger partial charge in [-0.2, -0.15) is 0 Å². The molecule has 0 radical (unpaired) electrons. The molecule has 1 aliphatic heterocycles. The lowest BCUT2D eigenvalue weighted by molar-refractivity contribution is 0.0771. The van der Waals surface area contributed by atoms with Gasteiger partial charge in [0, 0.05) is 11.5 Å². The highest BCUT2D eigenvalue weighted by atomic mass is 79.9. The zero-order valence-corrected chi connectivity index (χ0v) is 17.8. The number of carbonyl (C=O) groups is 1. The van der Waals surface area contributed by atoms with Gasteiger partial charge in [-0.15, -0.1) is 0 Å². The third-order valence-corrected chi connectivity index (χ3v) is 5.56. The number of nitrogens with zero attached hydrogens (tertiary/aromatic N) is 1. The molecule has 2 aromatic carbocycles. The van der Waals surface area contributed by atoms with Crippen LogP contribution in [0.5, 0.6) is 17.2 Å². The van der Waals surface area contributed by atoms with E-state index in [9.17, 15) is 9.59 Å². The maximum atomic E-state index is 13.3. The van der Waals surface area contributed by atoms with Gasteiger partial charge in [0.25, 0.3) is 5.91 Å². The van der Waals surface area contributed by atoms with Crippen molar-refractivity contribution in [3.8, 4) is 17.2 Å². The Balaban J connectivity index is 2.01. The van der Waals surface area contributed by atoms with Gasteiger partial charge >= 0.3 is 0 Å². The number of amides is 1. The molecule has 0 spiro atoms. The minimum Gasteiger partial charge on any atom is -0.493 e. The Hall–Kier alpha value is -3.00. The van der Waals surface area contributed by atoms with Crippen LogP contribution in [0.2, 0.25) is 0 Å². The summed E-state index contributed by atoms with van der Waals surface area (Å²) in [5, 5.41) is 0.402. The number of rotatable bonds is 4. The van der Waals surface area contributed by atoms with Crippen molar-refractivity contribution in [1.82, 2.24) is 4.90 Å². The molecule has 2 heterocycles. The topological polar surface area (TPSA) is 78.2 Å². The van der Waals surface area contributed by atoms with Crippen molar-refractivity contribution >= 4 is 32.8 Å². The molecule has 0 aliphatic carbocycles. The van der Waals surface area contributed by atoms with E-state index in [-0.39, 0.29) is 22.7 Å². The molecular formula is C21H18BrNO6. The van der Waals surface area contributed by atoms with E-state index in [4.69, 9.17) is 18.6 Å². The Labute approximate surface area is 174 Å². The van der Waals surface area contributed by atoms with Gasteiger partial charge in [0.2, 0.25) is 11.5 Å². The Morgan fingerprint density at radius 1 is 1.00 bits per heavy atom. The van der Waals surface area contributed by atoms with E-state index in [1.54, 1.807) is 37.4 Å². The summed E-state index contributed by atoms with van der Waals surface area (Å²) in [6.45, 7) is 0. The summed E-state index contributed by atoms with van der Waals surface area (Å²) < 4.78 is 22.8. The Morgan fingerprint density at radius 3 is 2.24 bits per heavy atom. The molecule has 1 amide bonds. The Kier molecular flexibility index (Phi) is 4.74. The van der Waals surface area contributed by atoms with Crippen LogP contribution in [0.15, 0.2) is 44.0 Å². The smallest absolute Gasteiger partial charge is 0.290 e. The molecule has 0 N–H and O–H groups in total. The van der Waals surface area contributed by atoms with Gasteiger partial charge in [-0.3, -0.25) is 9.59 Å². The number of benzene rings is 2. The van der Waals surface area contributed by atoms with Gasteiger partial charge in [-0.05, 0) is 35.9 Å². The minimum absolute atomic E-state index is 0.0473. The highest BCUT2D eigenvalue weighted by Gasteiger charge is 2.41. The number of ether oxygens (including phenoxy) is 3. The monoisotopic (exact) mass is 459 g/mol. The summed E-state index contributed by atoms with van der Waals surface area (Å²) in [4.78, 5) is 27.7. The van der Waals surface area contributed by atoms with Gasteiger partial charge in [-0.1, -0.05) is 15.9 Å². The summed E-state index contributed by atoms with van der Waals surface area (Å²) in [5.41, 5.74) is 1.05. The first-order valence-corrected chi connectivity index (χ1v) is 9.53. The summed E-state index contributed by atoms with van der Waals surface area (Å²) in [6.07, 6.45) is 0. The zero-order valence-electron chi connectivity index (χ0n) is 16.2. The molecular weight excluding hydrogens is 442 g/mol.